The van der Waals surface area contributed by atoms with E-state index in [0.717, 1.165) is 32.1 Å². The number of ether oxygens (including phenoxy) is 1. The molecule has 0 aromatic heterocycles. The van der Waals surface area contributed by atoms with Crippen molar-refractivity contribution in [3.05, 3.63) is 25.3 Å². The van der Waals surface area contributed by atoms with Gasteiger partial charge in [0.25, 0.3) is 0 Å². The summed E-state index contributed by atoms with van der Waals surface area (Å²) in [5.41, 5.74) is -1.75. The first-order valence-corrected chi connectivity index (χ1v) is 15.3. The molecule has 1 aliphatic carbocycles. The van der Waals surface area contributed by atoms with Crippen LogP contribution in [0.1, 0.15) is 84.5 Å². The maximum atomic E-state index is 14.6. The zero-order chi connectivity index (χ0) is 28.2. The third kappa shape index (κ3) is 5.08. The lowest BCUT2D eigenvalue weighted by Crippen LogP contribution is -2.58. The van der Waals surface area contributed by atoms with Crippen LogP contribution in [0.3, 0.4) is 0 Å². The highest BCUT2D eigenvalue weighted by molar-refractivity contribution is 5.99. The van der Waals surface area contributed by atoms with E-state index in [-0.39, 0.29) is 30.4 Å². The molecular formula is C31H49N3O5. The molecule has 8 nitrogen and oxygen atoms in total. The molecule has 1 saturated carbocycles. The normalized spacial score (nSPS) is 31.8. The molecule has 218 valence electrons. The smallest absolute Gasteiger partial charge is 0.248 e. The van der Waals surface area contributed by atoms with Crippen molar-refractivity contribution in [1.82, 2.24) is 14.7 Å². The van der Waals surface area contributed by atoms with Crippen molar-refractivity contribution < 1.29 is 24.2 Å². The Morgan fingerprint density at radius 2 is 1.79 bits per heavy atom. The molecule has 3 aliphatic heterocycles. The fourth-order valence-electron chi connectivity index (χ4n) is 8.03. The molecule has 3 amide bonds. The predicted octanol–water partition coefficient (Wildman–Crippen LogP) is 3.69. The van der Waals surface area contributed by atoms with Gasteiger partial charge in [-0.25, -0.2) is 0 Å². The summed E-state index contributed by atoms with van der Waals surface area (Å²) < 4.78 is 6.96. The van der Waals surface area contributed by atoms with E-state index in [1.165, 1.54) is 6.42 Å². The van der Waals surface area contributed by atoms with E-state index < -0.39 is 29.1 Å². The molecule has 1 N–H and O–H groups in total. The van der Waals surface area contributed by atoms with Gasteiger partial charge in [-0.3, -0.25) is 14.4 Å². The average Bonchev–Trinajstić information content (AvgIpc) is 3.55. The number of amides is 3. The first-order valence-electron chi connectivity index (χ1n) is 15.3. The minimum Gasteiger partial charge on any atom is -0.396 e. The summed E-state index contributed by atoms with van der Waals surface area (Å²) in [6.07, 6.45) is 12.6. The van der Waals surface area contributed by atoms with Gasteiger partial charge in [0.05, 0.1) is 17.4 Å². The minimum atomic E-state index is -1.01. The van der Waals surface area contributed by atoms with E-state index in [9.17, 15) is 19.5 Å². The first-order chi connectivity index (χ1) is 18.9. The van der Waals surface area contributed by atoms with Gasteiger partial charge >= 0.3 is 0 Å². The van der Waals surface area contributed by atoms with Gasteiger partial charge < -0.3 is 24.5 Å². The molecule has 1 spiro atoms. The summed E-state index contributed by atoms with van der Waals surface area (Å²) in [6.45, 7) is 13.7. The Balaban J connectivity index is 1.76. The molecule has 2 bridgehead atoms. The van der Waals surface area contributed by atoms with Gasteiger partial charge in [-0.15, -0.1) is 13.2 Å². The third-order valence-corrected chi connectivity index (χ3v) is 9.77. The van der Waals surface area contributed by atoms with Crippen molar-refractivity contribution in [3.8, 4) is 0 Å². The van der Waals surface area contributed by atoms with Crippen molar-refractivity contribution in [2.75, 3.05) is 32.8 Å². The molecule has 3 saturated heterocycles. The SMILES string of the molecule is C=CCN(CCC)C(=O)[C@H]1[C@H]2C(=O)N(CCCCO)C(C(=O)N(CC=C)C3CCCCC3)C23CC[C@]1(CC)O3. The molecule has 4 fully saturated rings. The number of fused-ring (bicyclic) bond motifs is 1. The van der Waals surface area contributed by atoms with E-state index in [1.54, 1.807) is 22.0 Å². The second-order valence-corrected chi connectivity index (χ2v) is 11.9. The van der Waals surface area contributed by atoms with E-state index in [4.69, 9.17) is 4.74 Å². The van der Waals surface area contributed by atoms with Crippen LogP contribution in [0, 0.1) is 11.8 Å². The number of aliphatic hydroxyl groups excluding tert-OH is 1. The van der Waals surface area contributed by atoms with Gasteiger partial charge in [-0.1, -0.05) is 45.3 Å². The maximum absolute atomic E-state index is 14.6. The van der Waals surface area contributed by atoms with Gasteiger partial charge in [0.15, 0.2) is 0 Å². The highest BCUT2D eigenvalue weighted by Crippen LogP contribution is 2.64. The lowest BCUT2D eigenvalue weighted by molar-refractivity contribution is -0.156. The topological polar surface area (TPSA) is 90.4 Å². The molecule has 3 heterocycles. The van der Waals surface area contributed by atoms with Crippen LogP contribution in [-0.2, 0) is 19.1 Å². The van der Waals surface area contributed by atoms with Crippen molar-refractivity contribution in [2.24, 2.45) is 11.8 Å². The molecular weight excluding hydrogens is 494 g/mol. The van der Waals surface area contributed by atoms with Crippen molar-refractivity contribution in [3.63, 3.8) is 0 Å². The van der Waals surface area contributed by atoms with E-state index >= 15 is 0 Å². The lowest BCUT2D eigenvalue weighted by Gasteiger charge is -2.41. The number of carbonyl (C=O) groups is 3. The van der Waals surface area contributed by atoms with Gasteiger partial charge in [0, 0.05) is 38.8 Å². The van der Waals surface area contributed by atoms with Gasteiger partial charge in [0.2, 0.25) is 17.7 Å². The quantitative estimate of drug-likeness (QED) is 0.267. The summed E-state index contributed by atoms with van der Waals surface area (Å²) in [5.74, 6) is -1.56. The van der Waals surface area contributed by atoms with Crippen LogP contribution < -0.4 is 0 Å². The molecule has 0 aromatic carbocycles. The summed E-state index contributed by atoms with van der Waals surface area (Å²) in [6, 6.07) is -0.640. The molecule has 5 atom stereocenters. The number of likely N-dealkylation sites (tertiary alicyclic amines) is 1. The zero-order valence-corrected chi connectivity index (χ0v) is 24.1. The number of hydrogen-bond acceptors (Lipinski definition) is 5. The Bertz CT molecular complexity index is 933. The van der Waals surface area contributed by atoms with Crippen LogP contribution in [0.2, 0.25) is 0 Å². The van der Waals surface area contributed by atoms with Crippen molar-refractivity contribution in [1.29, 1.82) is 0 Å². The number of unbranched alkanes of at least 4 members (excludes halogenated alkanes) is 1. The molecule has 4 rings (SSSR count). The second-order valence-electron chi connectivity index (χ2n) is 11.9. The Kier molecular flexibility index (Phi) is 9.58. The third-order valence-electron chi connectivity index (χ3n) is 9.77. The molecule has 0 aromatic rings. The Labute approximate surface area is 234 Å². The molecule has 2 unspecified atom stereocenters. The molecule has 39 heavy (non-hydrogen) atoms. The Morgan fingerprint density at radius 3 is 2.41 bits per heavy atom. The molecule has 8 heteroatoms. The maximum Gasteiger partial charge on any atom is 0.248 e. The fourth-order valence-corrected chi connectivity index (χ4v) is 8.03. The summed E-state index contributed by atoms with van der Waals surface area (Å²) in [7, 11) is 0. The summed E-state index contributed by atoms with van der Waals surface area (Å²) >= 11 is 0. The van der Waals surface area contributed by atoms with Gasteiger partial charge in [-0.05, 0) is 51.4 Å². The van der Waals surface area contributed by atoms with Crippen molar-refractivity contribution in [2.45, 2.75) is 108 Å². The van der Waals surface area contributed by atoms with E-state index in [1.807, 2.05) is 18.7 Å². The Morgan fingerprint density at radius 1 is 1.08 bits per heavy atom. The minimum absolute atomic E-state index is 0.0317. The second kappa shape index (κ2) is 12.5. The zero-order valence-electron chi connectivity index (χ0n) is 24.1. The summed E-state index contributed by atoms with van der Waals surface area (Å²) in [4.78, 5) is 48.6. The van der Waals surface area contributed by atoms with Crippen LogP contribution in [0.25, 0.3) is 0 Å². The number of hydrogen-bond donors (Lipinski definition) is 1. The monoisotopic (exact) mass is 543 g/mol. The van der Waals surface area contributed by atoms with Crippen LogP contribution in [0.15, 0.2) is 25.3 Å². The average molecular weight is 544 g/mol. The predicted molar refractivity (Wildman–Crippen MR) is 151 cm³/mol. The number of nitrogens with zero attached hydrogens (tertiary/aromatic N) is 3. The highest BCUT2D eigenvalue weighted by Gasteiger charge is 2.79. The van der Waals surface area contributed by atoms with Crippen LogP contribution in [0.5, 0.6) is 0 Å². The summed E-state index contributed by atoms with van der Waals surface area (Å²) in [5, 5.41) is 9.44. The highest BCUT2D eigenvalue weighted by atomic mass is 16.5. The van der Waals surface area contributed by atoms with Crippen molar-refractivity contribution >= 4 is 17.7 Å². The number of carbonyl (C=O) groups excluding carboxylic acids is 3. The lowest BCUT2D eigenvalue weighted by atomic mass is 9.64. The molecule has 0 radical (unpaired) electrons. The van der Waals surface area contributed by atoms with Crippen LogP contribution in [0.4, 0.5) is 0 Å². The Hall–Kier alpha value is -2.19. The fraction of sp³-hybridized carbons (Fsp3) is 0.774. The number of aliphatic hydroxyl groups is 1. The van der Waals surface area contributed by atoms with Gasteiger partial charge in [-0.2, -0.15) is 0 Å². The van der Waals surface area contributed by atoms with Gasteiger partial charge in [0.1, 0.15) is 11.6 Å². The van der Waals surface area contributed by atoms with E-state index in [0.29, 0.717) is 58.3 Å². The molecule has 4 aliphatic rings. The largest absolute Gasteiger partial charge is 0.396 e. The number of rotatable bonds is 14. The van der Waals surface area contributed by atoms with E-state index in [2.05, 4.69) is 13.2 Å². The first kappa shape index (κ1) is 29.8. The standard InChI is InChI=1S/C31H49N3O5/c1-5-18-32(19-6-2)27(36)24-25-28(37)34(21-12-13-22-35)26(31(25)17-16-30(24,8-4)39-31)29(38)33(20-7-3)23-14-10-9-11-15-23/h5,7,23-26,35H,1,3,6,8-22H2,2,4H3/t24-,25+,26?,30+,31?/m1/s1. The van der Waals surface area contributed by atoms with Crippen LogP contribution in [-0.4, -0.2) is 93.6 Å². The van der Waals surface area contributed by atoms with Crippen LogP contribution >= 0.6 is 0 Å².